The van der Waals surface area contributed by atoms with E-state index in [1.807, 2.05) is 6.92 Å². The van der Waals surface area contributed by atoms with Crippen LogP contribution in [0.4, 0.5) is 5.69 Å². The zero-order chi connectivity index (χ0) is 11.5. The highest BCUT2D eigenvalue weighted by atomic mass is 15.1. The maximum atomic E-state index is 5.92. The second kappa shape index (κ2) is 4.88. The third kappa shape index (κ3) is 2.56. The number of rotatable bonds is 2. The highest BCUT2D eigenvalue weighted by Gasteiger charge is 2.16. The molecule has 1 aromatic carbocycles. The number of anilines is 1. The number of nitrogens with two attached hydrogens (primary N) is 1. The van der Waals surface area contributed by atoms with Gasteiger partial charge in [0.1, 0.15) is 0 Å². The molecule has 1 saturated heterocycles. The van der Waals surface area contributed by atoms with Crippen molar-refractivity contribution in [2.45, 2.75) is 32.7 Å². The zero-order valence-electron chi connectivity index (χ0n) is 10.3. The van der Waals surface area contributed by atoms with Gasteiger partial charge in [-0.1, -0.05) is 19.1 Å². The quantitative estimate of drug-likeness (QED) is 0.827. The van der Waals surface area contributed by atoms with Crippen LogP contribution in [-0.4, -0.2) is 13.1 Å². The van der Waals surface area contributed by atoms with Crippen molar-refractivity contribution in [2.24, 2.45) is 11.7 Å². The van der Waals surface area contributed by atoms with E-state index in [2.05, 4.69) is 36.1 Å². The minimum absolute atomic E-state index is 0.128. The summed E-state index contributed by atoms with van der Waals surface area (Å²) < 4.78 is 0. The second-order valence-corrected chi connectivity index (χ2v) is 5.05. The summed E-state index contributed by atoms with van der Waals surface area (Å²) >= 11 is 0. The van der Waals surface area contributed by atoms with Crippen LogP contribution >= 0.6 is 0 Å². The van der Waals surface area contributed by atoms with Crippen molar-refractivity contribution in [3.05, 3.63) is 29.8 Å². The Kier molecular flexibility index (Phi) is 3.49. The van der Waals surface area contributed by atoms with E-state index in [1.165, 1.54) is 37.2 Å². The van der Waals surface area contributed by atoms with E-state index in [1.54, 1.807) is 0 Å². The molecule has 2 nitrogen and oxygen atoms in total. The molecular weight excluding hydrogens is 196 g/mol. The molecule has 0 aromatic heterocycles. The van der Waals surface area contributed by atoms with Crippen molar-refractivity contribution < 1.29 is 0 Å². The van der Waals surface area contributed by atoms with Crippen LogP contribution in [0.15, 0.2) is 24.3 Å². The number of hydrogen-bond donors (Lipinski definition) is 1. The van der Waals surface area contributed by atoms with Crippen molar-refractivity contribution in [3.8, 4) is 0 Å². The second-order valence-electron chi connectivity index (χ2n) is 5.05. The molecule has 1 aliphatic heterocycles. The third-order valence-corrected chi connectivity index (χ3v) is 3.54. The van der Waals surface area contributed by atoms with Crippen molar-refractivity contribution in [1.82, 2.24) is 0 Å². The molecule has 1 fully saturated rings. The van der Waals surface area contributed by atoms with Gasteiger partial charge in [-0.05, 0) is 43.4 Å². The fourth-order valence-electron chi connectivity index (χ4n) is 2.27. The molecule has 2 rings (SSSR count). The molecule has 2 N–H and O–H groups in total. The van der Waals surface area contributed by atoms with E-state index >= 15 is 0 Å². The summed E-state index contributed by atoms with van der Waals surface area (Å²) in [5, 5.41) is 0. The molecule has 0 spiro atoms. The monoisotopic (exact) mass is 218 g/mol. The first kappa shape index (κ1) is 11.5. The van der Waals surface area contributed by atoms with Gasteiger partial charge < -0.3 is 10.6 Å². The van der Waals surface area contributed by atoms with E-state index in [0.717, 1.165) is 5.92 Å². The molecule has 1 atom stereocenters. The van der Waals surface area contributed by atoms with Gasteiger partial charge in [-0.15, -0.1) is 0 Å². The van der Waals surface area contributed by atoms with Crippen LogP contribution < -0.4 is 10.6 Å². The van der Waals surface area contributed by atoms with Crippen LogP contribution in [0, 0.1) is 5.92 Å². The lowest BCUT2D eigenvalue weighted by Gasteiger charge is -2.32. The number of piperidine rings is 1. The first-order chi connectivity index (χ1) is 7.66. The summed E-state index contributed by atoms with van der Waals surface area (Å²) in [7, 11) is 0. The van der Waals surface area contributed by atoms with Crippen LogP contribution in [0.5, 0.6) is 0 Å². The number of benzene rings is 1. The van der Waals surface area contributed by atoms with Gasteiger partial charge >= 0.3 is 0 Å². The molecule has 0 radical (unpaired) electrons. The predicted molar refractivity (Wildman–Crippen MR) is 69.7 cm³/mol. The lowest BCUT2D eigenvalue weighted by atomic mass is 9.98. The van der Waals surface area contributed by atoms with Gasteiger partial charge in [0.15, 0.2) is 0 Å². The van der Waals surface area contributed by atoms with E-state index in [4.69, 9.17) is 5.73 Å². The fourth-order valence-corrected chi connectivity index (χ4v) is 2.27. The normalized spacial score (nSPS) is 19.8. The Bertz CT molecular complexity index is 338. The van der Waals surface area contributed by atoms with Gasteiger partial charge in [0, 0.05) is 24.8 Å². The van der Waals surface area contributed by atoms with E-state index < -0.39 is 0 Å². The highest BCUT2D eigenvalue weighted by Crippen LogP contribution is 2.24. The Hall–Kier alpha value is -1.02. The third-order valence-electron chi connectivity index (χ3n) is 3.54. The van der Waals surface area contributed by atoms with Gasteiger partial charge in [-0.2, -0.15) is 0 Å². The lowest BCUT2D eigenvalue weighted by Crippen LogP contribution is -2.32. The summed E-state index contributed by atoms with van der Waals surface area (Å²) in [5.41, 5.74) is 8.48. The average molecular weight is 218 g/mol. The largest absolute Gasteiger partial charge is 0.372 e. The smallest absolute Gasteiger partial charge is 0.0369 e. The van der Waals surface area contributed by atoms with E-state index in [9.17, 15) is 0 Å². The van der Waals surface area contributed by atoms with Crippen LogP contribution in [0.3, 0.4) is 0 Å². The molecule has 1 aromatic rings. The summed E-state index contributed by atoms with van der Waals surface area (Å²) in [5.74, 6) is 0.882. The van der Waals surface area contributed by atoms with E-state index in [-0.39, 0.29) is 6.04 Å². The van der Waals surface area contributed by atoms with Gasteiger partial charge in [0.05, 0.1) is 0 Å². The summed E-state index contributed by atoms with van der Waals surface area (Å²) in [6.45, 7) is 6.75. The maximum Gasteiger partial charge on any atom is 0.0369 e. The first-order valence-electron chi connectivity index (χ1n) is 6.27. The summed E-state index contributed by atoms with van der Waals surface area (Å²) in [6.07, 6.45) is 2.62. The predicted octanol–water partition coefficient (Wildman–Crippen LogP) is 2.94. The SMILES string of the molecule is CC1CCN(c2cccc(C(C)N)c2)CC1. The minimum atomic E-state index is 0.128. The van der Waals surface area contributed by atoms with Crippen LogP contribution in [-0.2, 0) is 0 Å². The van der Waals surface area contributed by atoms with Crippen LogP contribution in [0.25, 0.3) is 0 Å². The highest BCUT2D eigenvalue weighted by molar-refractivity contribution is 5.49. The molecule has 1 aliphatic rings. The summed E-state index contributed by atoms with van der Waals surface area (Å²) in [6, 6.07) is 8.79. The van der Waals surface area contributed by atoms with Crippen molar-refractivity contribution in [1.29, 1.82) is 0 Å². The molecule has 1 heterocycles. The molecule has 0 saturated carbocycles. The number of nitrogens with zero attached hydrogens (tertiary/aromatic N) is 1. The van der Waals surface area contributed by atoms with Gasteiger partial charge in [0.25, 0.3) is 0 Å². The van der Waals surface area contributed by atoms with Crippen molar-refractivity contribution >= 4 is 5.69 Å². The van der Waals surface area contributed by atoms with Gasteiger partial charge in [-0.3, -0.25) is 0 Å². The topological polar surface area (TPSA) is 29.3 Å². The van der Waals surface area contributed by atoms with Crippen LogP contribution in [0.1, 0.15) is 38.3 Å². The molecule has 0 amide bonds. The lowest BCUT2D eigenvalue weighted by molar-refractivity contribution is 0.438. The Balaban J connectivity index is 2.11. The van der Waals surface area contributed by atoms with Gasteiger partial charge in [-0.25, -0.2) is 0 Å². The first-order valence-corrected chi connectivity index (χ1v) is 6.27. The van der Waals surface area contributed by atoms with Crippen molar-refractivity contribution in [3.63, 3.8) is 0 Å². The van der Waals surface area contributed by atoms with Gasteiger partial charge in [0.2, 0.25) is 0 Å². The molecule has 0 bridgehead atoms. The number of hydrogen-bond acceptors (Lipinski definition) is 2. The molecule has 1 unspecified atom stereocenters. The maximum absolute atomic E-state index is 5.92. The standard InChI is InChI=1S/C14H22N2/c1-11-6-8-16(9-7-11)14-5-3-4-13(10-14)12(2)15/h3-5,10-12H,6-9,15H2,1-2H3. The molecule has 88 valence electrons. The molecule has 16 heavy (non-hydrogen) atoms. The van der Waals surface area contributed by atoms with Crippen molar-refractivity contribution in [2.75, 3.05) is 18.0 Å². The Morgan fingerprint density at radius 3 is 2.62 bits per heavy atom. The Labute approximate surface area is 98.4 Å². The minimum Gasteiger partial charge on any atom is -0.372 e. The Morgan fingerprint density at radius 2 is 2.00 bits per heavy atom. The molecule has 0 aliphatic carbocycles. The summed E-state index contributed by atoms with van der Waals surface area (Å²) in [4.78, 5) is 2.48. The average Bonchev–Trinajstić information content (AvgIpc) is 2.30. The zero-order valence-corrected chi connectivity index (χ0v) is 10.3. The Morgan fingerprint density at radius 1 is 1.31 bits per heavy atom. The molecular formula is C14H22N2. The van der Waals surface area contributed by atoms with E-state index in [0.29, 0.717) is 0 Å². The fraction of sp³-hybridized carbons (Fsp3) is 0.571. The molecule has 2 heteroatoms. The van der Waals surface area contributed by atoms with Crippen LogP contribution in [0.2, 0.25) is 0 Å².